The molecule has 1 aromatic heterocycles. The highest BCUT2D eigenvalue weighted by Crippen LogP contribution is 2.31. The zero-order valence-corrected chi connectivity index (χ0v) is 12.4. The third kappa shape index (κ3) is 3.07. The first kappa shape index (κ1) is 13.9. The molecule has 2 N–H and O–H groups in total. The van der Waals surface area contributed by atoms with E-state index in [0.29, 0.717) is 21.8 Å². The third-order valence-electron chi connectivity index (χ3n) is 2.64. The van der Waals surface area contributed by atoms with Gasteiger partial charge >= 0.3 is 0 Å². The van der Waals surface area contributed by atoms with Gasteiger partial charge in [-0.1, -0.05) is 29.3 Å². The van der Waals surface area contributed by atoms with Crippen LogP contribution in [-0.4, -0.2) is 9.78 Å². The molecule has 2 aromatic rings. The average molecular weight is 328 g/mol. The lowest BCUT2D eigenvalue weighted by molar-refractivity contribution is 0.428. The van der Waals surface area contributed by atoms with Crippen molar-refractivity contribution in [3.05, 3.63) is 34.2 Å². The topological polar surface area (TPSA) is 53.1 Å². The molecule has 0 bridgehead atoms. The van der Waals surface area contributed by atoms with Crippen molar-refractivity contribution in [1.82, 2.24) is 9.78 Å². The molecule has 0 radical (unpaired) electrons. The number of nitrogens with two attached hydrogens (primary N) is 1. The summed E-state index contributed by atoms with van der Waals surface area (Å²) in [6, 6.07) is 4.34. The Morgan fingerprint density at radius 1 is 1.42 bits per heavy atom. The van der Waals surface area contributed by atoms with E-state index in [1.54, 1.807) is 17.8 Å². The first-order valence-electron chi connectivity index (χ1n) is 5.96. The van der Waals surface area contributed by atoms with Crippen molar-refractivity contribution in [3.63, 3.8) is 0 Å². The molecule has 2 rings (SSSR count). The average Bonchev–Trinajstić information content (AvgIpc) is 2.56. The van der Waals surface area contributed by atoms with E-state index < -0.39 is 0 Å². The Labute approximate surface area is 119 Å². The number of anilines is 1. The summed E-state index contributed by atoms with van der Waals surface area (Å²) in [7, 11) is 1.75. The maximum absolute atomic E-state index is 13.3. The molecule has 6 heteroatoms. The van der Waals surface area contributed by atoms with Crippen LogP contribution in [0, 0.1) is 5.82 Å². The molecule has 0 saturated heterocycles. The number of nitrogens with zero attached hydrogens (tertiary/aromatic N) is 2. The number of ether oxygens (including phenoxy) is 1. The zero-order valence-electron chi connectivity index (χ0n) is 10.8. The van der Waals surface area contributed by atoms with E-state index in [1.165, 1.54) is 12.1 Å². The minimum Gasteiger partial charge on any atom is -0.437 e. The lowest BCUT2D eigenvalue weighted by Gasteiger charge is -2.07. The number of hydrogen-bond acceptors (Lipinski definition) is 3. The van der Waals surface area contributed by atoms with Gasteiger partial charge in [0.2, 0.25) is 5.88 Å². The molecule has 0 amide bonds. The van der Waals surface area contributed by atoms with Crippen LogP contribution < -0.4 is 10.5 Å². The molecule has 0 aliphatic rings. The SMILES string of the molecule is CCCc1nn(C)c(Oc2cc(F)cc(Br)c2)c1N. The first-order valence-corrected chi connectivity index (χ1v) is 6.76. The highest BCUT2D eigenvalue weighted by Gasteiger charge is 2.15. The van der Waals surface area contributed by atoms with Gasteiger partial charge in [0.05, 0.1) is 5.69 Å². The number of rotatable bonds is 4. The van der Waals surface area contributed by atoms with Crippen molar-refractivity contribution in [1.29, 1.82) is 0 Å². The second-order valence-electron chi connectivity index (χ2n) is 4.25. The van der Waals surface area contributed by atoms with Gasteiger partial charge in [0, 0.05) is 17.6 Å². The van der Waals surface area contributed by atoms with Crippen LogP contribution in [0.4, 0.5) is 10.1 Å². The molecule has 102 valence electrons. The summed E-state index contributed by atoms with van der Waals surface area (Å²) in [5.41, 5.74) is 7.31. The molecule has 0 aliphatic carbocycles. The second-order valence-corrected chi connectivity index (χ2v) is 5.16. The summed E-state index contributed by atoms with van der Waals surface area (Å²) in [6.07, 6.45) is 1.74. The van der Waals surface area contributed by atoms with Gasteiger partial charge in [0.1, 0.15) is 17.3 Å². The molecule has 0 aliphatic heterocycles. The monoisotopic (exact) mass is 327 g/mol. The molecule has 1 aromatic carbocycles. The van der Waals surface area contributed by atoms with Gasteiger partial charge in [-0.2, -0.15) is 5.10 Å². The van der Waals surface area contributed by atoms with E-state index in [4.69, 9.17) is 10.5 Å². The van der Waals surface area contributed by atoms with Crippen LogP contribution >= 0.6 is 15.9 Å². The fraction of sp³-hybridized carbons (Fsp3) is 0.308. The molecular weight excluding hydrogens is 313 g/mol. The molecule has 1 heterocycles. The quantitative estimate of drug-likeness (QED) is 0.932. The van der Waals surface area contributed by atoms with E-state index in [-0.39, 0.29) is 5.82 Å². The Morgan fingerprint density at radius 3 is 2.79 bits per heavy atom. The number of aromatic nitrogens is 2. The van der Waals surface area contributed by atoms with Gasteiger partial charge in [-0.3, -0.25) is 0 Å². The second kappa shape index (κ2) is 5.61. The normalized spacial score (nSPS) is 10.7. The summed E-state index contributed by atoms with van der Waals surface area (Å²) >= 11 is 3.22. The fourth-order valence-corrected chi connectivity index (χ4v) is 2.26. The Hall–Kier alpha value is -1.56. The van der Waals surface area contributed by atoms with Crippen molar-refractivity contribution >= 4 is 21.6 Å². The number of halogens is 2. The predicted molar refractivity (Wildman–Crippen MR) is 75.8 cm³/mol. The summed E-state index contributed by atoms with van der Waals surface area (Å²) in [5.74, 6) is 0.435. The summed E-state index contributed by atoms with van der Waals surface area (Å²) < 4.78 is 21.1. The van der Waals surface area contributed by atoms with Crippen molar-refractivity contribution in [3.8, 4) is 11.6 Å². The minimum absolute atomic E-state index is 0.376. The first-order chi connectivity index (χ1) is 9.01. The molecule has 19 heavy (non-hydrogen) atoms. The van der Waals surface area contributed by atoms with Crippen LogP contribution in [0.2, 0.25) is 0 Å². The van der Waals surface area contributed by atoms with E-state index >= 15 is 0 Å². The zero-order chi connectivity index (χ0) is 14.0. The maximum Gasteiger partial charge on any atom is 0.241 e. The van der Waals surface area contributed by atoms with Gasteiger partial charge in [0.25, 0.3) is 0 Å². The number of hydrogen-bond donors (Lipinski definition) is 1. The number of aryl methyl sites for hydroxylation is 2. The Morgan fingerprint density at radius 2 is 2.16 bits per heavy atom. The van der Waals surface area contributed by atoms with E-state index in [9.17, 15) is 4.39 Å². The Balaban J connectivity index is 2.32. The molecule has 0 unspecified atom stereocenters. The van der Waals surface area contributed by atoms with Crippen LogP contribution in [0.25, 0.3) is 0 Å². The fourth-order valence-electron chi connectivity index (χ4n) is 1.82. The lowest BCUT2D eigenvalue weighted by Crippen LogP contribution is -1.97. The smallest absolute Gasteiger partial charge is 0.241 e. The molecule has 0 fully saturated rings. The molecule has 4 nitrogen and oxygen atoms in total. The van der Waals surface area contributed by atoms with Gasteiger partial charge in [-0.15, -0.1) is 0 Å². The maximum atomic E-state index is 13.3. The van der Waals surface area contributed by atoms with Crippen LogP contribution in [0.15, 0.2) is 22.7 Å². The highest BCUT2D eigenvalue weighted by molar-refractivity contribution is 9.10. The molecule has 0 atom stereocenters. The molecule has 0 spiro atoms. The standard InChI is InChI=1S/C13H15BrFN3O/c1-3-4-11-12(16)13(18(2)17-11)19-10-6-8(14)5-9(15)7-10/h5-7H,3-4,16H2,1-2H3. The summed E-state index contributed by atoms with van der Waals surface area (Å²) in [5, 5.41) is 4.30. The number of nitrogen functional groups attached to an aromatic ring is 1. The van der Waals surface area contributed by atoms with Crippen LogP contribution in [0.5, 0.6) is 11.6 Å². The van der Waals surface area contributed by atoms with Gasteiger partial charge in [0.15, 0.2) is 0 Å². The van der Waals surface area contributed by atoms with E-state index in [0.717, 1.165) is 18.5 Å². The molecular formula is C13H15BrFN3O. The van der Waals surface area contributed by atoms with Crippen molar-refractivity contribution in [2.45, 2.75) is 19.8 Å². The van der Waals surface area contributed by atoms with Crippen molar-refractivity contribution in [2.75, 3.05) is 5.73 Å². The summed E-state index contributed by atoms with van der Waals surface area (Å²) in [6.45, 7) is 2.05. The predicted octanol–water partition coefficient (Wildman–Crippen LogP) is 3.65. The van der Waals surface area contributed by atoms with E-state index in [2.05, 4.69) is 28.0 Å². The van der Waals surface area contributed by atoms with Gasteiger partial charge in [-0.05, 0) is 18.6 Å². The largest absolute Gasteiger partial charge is 0.437 e. The molecule has 0 saturated carbocycles. The third-order valence-corrected chi connectivity index (χ3v) is 3.10. The Kier molecular flexibility index (Phi) is 4.09. The van der Waals surface area contributed by atoms with Crippen molar-refractivity contribution in [2.24, 2.45) is 7.05 Å². The number of benzene rings is 1. The minimum atomic E-state index is -0.376. The summed E-state index contributed by atoms with van der Waals surface area (Å²) in [4.78, 5) is 0. The van der Waals surface area contributed by atoms with Crippen LogP contribution in [0.3, 0.4) is 0 Å². The van der Waals surface area contributed by atoms with Gasteiger partial charge < -0.3 is 10.5 Å². The van der Waals surface area contributed by atoms with Gasteiger partial charge in [-0.25, -0.2) is 9.07 Å². The van der Waals surface area contributed by atoms with Crippen molar-refractivity contribution < 1.29 is 9.13 Å². The Bertz CT molecular complexity index is 578. The van der Waals surface area contributed by atoms with Crippen LogP contribution in [-0.2, 0) is 13.5 Å². The van der Waals surface area contributed by atoms with E-state index in [1.807, 2.05) is 0 Å². The highest BCUT2D eigenvalue weighted by atomic mass is 79.9. The van der Waals surface area contributed by atoms with Crippen LogP contribution in [0.1, 0.15) is 19.0 Å². The lowest BCUT2D eigenvalue weighted by atomic mass is 10.2.